The maximum atomic E-state index is 11.1. The molecule has 1 aromatic heterocycles. The van der Waals surface area contributed by atoms with Crippen LogP contribution in [0.4, 0.5) is 0 Å². The Hall–Kier alpha value is -3.02. The van der Waals surface area contributed by atoms with Crippen LogP contribution in [0.5, 0.6) is 5.75 Å². The van der Waals surface area contributed by atoms with Crippen molar-refractivity contribution in [3.05, 3.63) is 60.4 Å². The maximum absolute atomic E-state index is 11.1. The van der Waals surface area contributed by atoms with E-state index in [1.807, 2.05) is 30.3 Å². The highest BCUT2D eigenvalue weighted by Crippen LogP contribution is 2.14. The van der Waals surface area contributed by atoms with Crippen molar-refractivity contribution in [3.8, 4) is 5.75 Å². The van der Waals surface area contributed by atoms with Gasteiger partial charge in [-0.3, -0.25) is 4.79 Å². The van der Waals surface area contributed by atoms with E-state index in [4.69, 9.17) is 9.84 Å². The number of aryl methyl sites for hydroxylation is 1. The van der Waals surface area contributed by atoms with Gasteiger partial charge in [-0.05, 0) is 37.1 Å². The zero-order valence-corrected chi connectivity index (χ0v) is 13.1. The maximum Gasteiger partial charge on any atom is 0.376 e. The number of carbonyl (C=O) groups excluding carboxylic acids is 1. The Bertz CT molecular complexity index is 718. The SMILES string of the molecule is O=C(O)C(=O)/C=C(\O)c1cccn1CCCCOc1ccccc1. The number of carbonyl (C=O) groups is 2. The van der Waals surface area contributed by atoms with Crippen LogP contribution in [0.1, 0.15) is 18.5 Å². The largest absolute Gasteiger partial charge is 0.506 e. The minimum atomic E-state index is -1.60. The van der Waals surface area contributed by atoms with Crippen molar-refractivity contribution in [2.45, 2.75) is 19.4 Å². The molecule has 0 unspecified atom stereocenters. The monoisotopic (exact) mass is 329 g/mol. The molecule has 1 heterocycles. The van der Waals surface area contributed by atoms with Gasteiger partial charge in [-0.15, -0.1) is 0 Å². The Morgan fingerprint density at radius 1 is 1.04 bits per heavy atom. The summed E-state index contributed by atoms with van der Waals surface area (Å²) >= 11 is 0. The lowest BCUT2D eigenvalue weighted by molar-refractivity contribution is -0.146. The molecule has 0 fully saturated rings. The van der Waals surface area contributed by atoms with Crippen molar-refractivity contribution in [2.24, 2.45) is 0 Å². The standard InChI is InChI=1S/C18H19NO5/c20-16(13-17(21)18(22)23)15-9-6-11-19(15)10-4-5-12-24-14-7-2-1-3-8-14/h1-3,6-9,11,13,20H,4-5,10,12H2,(H,22,23)/b16-13-. The summed E-state index contributed by atoms with van der Waals surface area (Å²) in [4.78, 5) is 21.7. The summed E-state index contributed by atoms with van der Waals surface area (Å²) in [6, 6.07) is 12.9. The summed E-state index contributed by atoms with van der Waals surface area (Å²) in [6.45, 7) is 1.21. The van der Waals surface area contributed by atoms with E-state index >= 15 is 0 Å². The lowest BCUT2D eigenvalue weighted by Crippen LogP contribution is -2.10. The number of benzene rings is 1. The van der Waals surface area contributed by atoms with E-state index in [2.05, 4.69) is 0 Å². The number of aliphatic hydroxyl groups is 1. The van der Waals surface area contributed by atoms with Crippen molar-refractivity contribution in [1.29, 1.82) is 0 Å². The minimum absolute atomic E-state index is 0.354. The van der Waals surface area contributed by atoms with Gasteiger partial charge in [-0.2, -0.15) is 0 Å². The van der Waals surface area contributed by atoms with Gasteiger partial charge in [0.05, 0.1) is 12.3 Å². The number of carboxylic acid groups (broad SMARTS) is 1. The highest BCUT2D eigenvalue weighted by Gasteiger charge is 2.12. The molecular weight excluding hydrogens is 310 g/mol. The lowest BCUT2D eigenvalue weighted by atomic mass is 10.2. The summed E-state index contributed by atoms with van der Waals surface area (Å²) in [5, 5.41) is 18.5. The van der Waals surface area contributed by atoms with Crippen LogP contribution in [0.2, 0.25) is 0 Å². The predicted molar refractivity (Wildman–Crippen MR) is 88.9 cm³/mol. The number of ketones is 1. The third-order valence-corrected chi connectivity index (χ3v) is 3.38. The first-order valence-corrected chi connectivity index (χ1v) is 7.59. The van der Waals surface area contributed by atoms with Gasteiger partial charge in [0.25, 0.3) is 5.78 Å². The van der Waals surface area contributed by atoms with Gasteiger partial charge in [0.2, 0.25) is 0 Å². The van der Waals surface area contributed by atoms with Crippen LogP contribution in [-0.4, -0.2) is 33.1 Å². The first kappa shape index (κ1) is 17.3. The third-order valence-electron chi connectivity index (χ3n) is 3.38. The molecule has 2 N–H and O–H groups in total. The van der Waals surface area contributed by atoms with Crippen LogP contribution in [0.25, 0.3) is 5.76 Å². The van der Waals surface area contributed by atoms with Gasteiger partial charge >= 0.3 is 5.97 Å². The number of ether oxygens (including phenoxy) is 1. The third kappa shape index (κ3) is 5.01. The van der Waals surface area contributed by atoms with Crippen LogP contribution < -0.4 is 4.74 Å². The van der Waals surface area contributed by atoms with Crippen LogP contribution in [0.15, 0.2) is 54.7 Å². The molecule has 0 saturated heterocycles. The molecule has 0 bridgehead atoms. The molecular formula is C18H19NO5. The second-order valence-corrected chi connectivity index (χ2v) is 5.15. The Morgan fingerprint density at radius 2 is 1.79 bits per heavy atom. The van der Waals surface area contributed by atoms with Crippen LogP contribution >= 0.6 is 0 Å². The smallest absolute Gasteiger partial charge is 0.376 e. The lowest BCUT2D eigenvalue weighted by Gasteiger charge is -2.09. The normalized spacial score (nSPS) is 11.2. The molecule has 2 aromatic rings. The number of carboxylic acids is 1. The van der Waals surface area contributed by atoms with E-state index in [1.165, 1.54) is 0 Å². The number of hydrogen-bond donors (Lipinski definition) is 2. The Kier molecular flexibility index (Phi) is 6.19. The fourth-order valence-corrected chi connectivity index (χ4v) is 2.19. The molecule has 0 radical (unpaired) electrons. The number of unbranched alkanes of at least 4 members (excludes halogenated alkanes) is 1. The average Bonchev–Trinajstić information content (AvgIpc) is 3.04. The number of rotatable bonds is 9. The van der Waals surface area contributed by atoms with Crippen molar-refractivity contribution in [1.82, 2.24) is 4.57 Å². The molecule has 24 heavy (non-hydrogen) atoms. The molecule has 0 amide bonds. The summed E-state index contributed by atoms with van der Waals surface area (Å²) in [6.07, 6.45) is 4.12. The number of hydrogen-bond acceptors (Lipinski definition) is 4. The number of nitrogens with zero attached hydrogens (tertiary/aromatic N) is 1. The molecule has 6 nitrogen and oxygen atoms in total. The second-order valence-electron chi connectivity index (χ2n) is 5.15. The highest BCUT2D eigenvalue weighted by atomic mass is 16.5. The molecule has 0 atom stereocenters. The van der Waals surface area contributed by atoms with E-state index in [0.717, 1.165) is 18.6 Å². The molecule has 0 aliphatic heterocycles. The summed E-state index contributed by atoms with van der Waals surface area (Å²) in [5.41, 5.74) is 0.411. The Labute approximate surface area is 139 Å². The van der Waals surface area contributed by atoms with Gasteiger partial charge in [-0.1, -0.05) is 18.2 Å². The molecule has 1 aromatic carbocycles. The Balaban J connectivity index is 1.83. The number of aliphatic carboxylic acids is 1. The van der Waals surface area contributed by atoms with Crippen molar-refractivity contribution < 1.29 is 24.5 Å². The molecule has 6 heteroatoms. The minimum Gasteiger partial charge on any atom is -0.506 e. The first-order chi connectivity index (χ1) is 11.6. The number of aromatic nitrogens is 1. The van der Waals surface area contributed by atoms with Gasteiger partial charge in [0.1, 0.15) is 11.5 Å². The fourth-order valence-electron chi connectivity index (χ4n) is 2.19. The van der Waals surface area contributed by atoms with E-state index in [-0.39, 0.29) is 5.76 Å². The quantitative estimate of drug-likeness (QED) is 0.320. The highest BCUT2D eigenvalue weighted by molar-refractivity contribution is 6.38. The van der Waals surface area contributed by atoms with Crippen LogP contribution in [0.3, 0.4) is 0 Å². The van der Waals surface area contributed by atoms with Crippen LogP contribution in [-0.2, 0) is 16.1 Å². The molecule has 0 saturated carbocycles. The molecule has 0 aliphatic rings. The van der Waals surface area contributed by atoms with E-state index in [1.54, 1.807) is 22.9 Å². The predicted octanol–water partition coefficient (Wildman–Crippen LogP) is 2.90. The van der Waals surface area contributed by atoms with Gasteiger partial charge in [0.15, 0.2) is 0 Å². The summed E-state index contributed by atoms with van der Waals surface area (Å²) in [5.74, 6) is -2.28. The van der Waals surface area contributed by atoms with Crippen molar-refractivity contribution in [3.63, 3.8) is 0 Å². The van der Waals surface area contributed by atoms with E-state index in [9.17, 15) is 14.7 Å². The van der Waals surface area contributed by atoms with Gasteiger partial charge in [-0.25, -0.2) is 4.79 Å². The second kappa shape index (κ2) is 8.57. The fraction of sp³-hybridized carbons (Fsp3) is 0.222. The molecule has 126 valence electrons. The number of aliphatic hydroxyl groups excluding tert-OH is 1. The summed E-state index contributed by atoms with van der Waals surface area (Å²) < 4.78 is 7.37. The molecule has 0 spiro atoms. The van der Waals surface area contributed by atoms with Gasteiger partial charge < -0.3 is 19.5 Å². The molecule has 2 rings (SSSR count). The first-order valence-electron chi connectivity index (χ1n) is 7.59. The van der Waals surface area contributed by atoms with Crippen LogP contribution in [0, 0.1) is 0 Å². The summed E-state index contributed by atoms with van der Waals surface area (Å²) in [7, 11) is 0. The zero-order valence-electron chi connectivity index (χ0n) is 13.1. The van der Waals surface area contributed by atoms with E-state index in [0.29, 0.717) is 24.9 Å². The average molecular weight is 329 g/mol. The van der Waals surface area contributed by atoms with E-state index < -0.39 is 11.8 Å². The topological polar surface area (TPSA) is 88.8 Å². The van der Waals surface area contributed by atoms with Crippen molar-refractivity contribution >= 4 is 17.5 Å². The van der Waals surface area contributed by atoms with Crippen molar-refractivity contribution in [2.75, 3.05) is 6.61 Å². The zero-order chi connectivity index (χ0) is 17.4. The molecule has 0 aliphatic carbocycles. The van der Waals surface area contributed by atoms with Gasteiger partial charge in [0, 0.05) is 18.8 Å². The number of para-hydroxylation sites is 1. The Morgan fingerprint density at radius 3 is 2.50 bits per heavy atom.